The molecule has 41 heavy (non-hydrogen) atoms. The van der Waals surface area contributed by atoms with Crippen LogP contribution in [0.1, 0.15) is 49.5 Å². The number of carboxylic acid groups (broad SMARTS) is 1. The quantitative estimate of drug-likeness (QED) is 0.179. The predicted molar refractivity (Wildman–Crippen MR) is 161 cm³/mol. The number of ether oxygens (including phenoxy) is 1. The summed E-state index contributed by atoms with van der Waals surface area (Å²) in [6, 6.07) is 26.7. The van der Waals surface area contributed by atoms with E-state index in [0.717, 1.165) is 17.3 Å². The van der Waals surface area contributed by atoms with Gasteiger partial charge in [-0.1, -0.05) is 90.6 Å². The zero-order valence-corrected chi connectivity index (χ0v) is 24.3. The second-order valence-corrected chi connectivity index (χ2v) is 11.6. The highest BCUT2D eigenvalue weighted by Gasteiger charge is 2.42. The number of carbonyl (C=O) groups excluding carboxylic acids is 3. The number of anilines is 1. The fraction of sp³-hybridized carbons (Fsp3) is 0.312. The number of para-hydroxylation sites is 1. The van der Waals surface area contributed by atoms with Crippen LogP contribution in [-0.2, 0) is 25.5 Å². The topological polar surface area (TPSA) is 122 Å². The van der Waals surface area contributed by atoms with Crippen LogP contribution in [0.4, 0.5) is 5.69 Å². The van der Waals surface area contributed by atoms with E-state index in [9.17, 15) is 24.3 Å². The molecule has 0 heterocycles. The fourth-order valence-electron chi connectivity index (χ4n) is 4.09. The van der Waals surface area contributed by atoms with Crippen molar-refractivity contribution in [2.75, 3.05) is 11.1 Å². The molecule has 3 N–H and O–H groups in total. The highest BCUT2D eigenvalue weighted by atomic mass is 32.2. The fourth-order valence-corrected chi connectivity index (χ4v) is 5.02. The lowest BCUT2D eigenvalue weighted by Gasteiger charge is -2.34. The summed E-state index contributed by atoms with van der Waals surface area (Å²) in [5, 5.41) is 15.9. The molecular formula is C32H36N2O6S. The zero-order valence-electron chi connectivity index (χ0n) is 23.5. The lowest BCUT2D eigenvalue weighted by molar-refractivity contribution is -0.156. The smallest absolute Gasteiger partial charge is 0.350 e. The Kier molecular flexibility index (Phi) is 11.1. The second-order valence-electron chi connectivity index (χ2n) is 10.6. The highest BCUT2D eigenvalue weighted by molar-refractivity contribution is 8.14. The summed E-state index contributed by atoms with van der Waals surface area (Å²) in [5.41, 5.74) is -0.932. The average molecular weight is 577 g/mol. The molecule has 8 nitrogen and oxygen atoms in total. The maximum atomic E-state index is 13.8. The third kappa shape index (κ3) is 10.1. The van der Waals surface area contributed by atoms with E-state index in [1.54, 1.807) is 75.4 Å². The molecule has 0 saturated heterocycles. The molecule has 0 aromatic heterocycles. The first-order valence-corrected chi connectivity index (χ1v) is 14.3. The zero-order chi connectivity index (χ0) is 29.9. The van der Waals surface area contributed by atoms with Gasteiger partial charge in [0.25, 0.3) is 0 Å². The number of carbonyl (C=O) groups is 4. The summed E-state index contributed by atoms with van der Waals surface area (Å²) in [6.07, 6.45) is -0.241. The Labute approximate surface area is 244 Å². The van der Waals surface area contributed by atoms with Crippen molar-refractivity contribution < 1.29 is 29.0 Å². The molecule has 0 fully saturated rings. The summed E-state index contributed by atoms with van der Waals surface area (Å²) in [7, 11) is 0. The SMILES string of the molecule is CC(C)(C)OC(=O)CC[C@@](NC(=O)[C@@H](CSC(=O)c1ccccc1)Cc1ccccc1)(Nc1ccccc1)C(=O)O. The van der Waals surface area contributed by atoms with E-state index in [2.05, 4.69) is 10.6 Å². The van der Waals surface area contributed by atoms with Gasteiger partial charge in [0.2, 0.25) is 16.7 Å². The predicted octanol–water partition coefficient (Wildman–Crippen LogP) is 5.55. The van der Waals surface area contributed by atoms with Crippen LogP contribution in [0.15, 0.2) is 91.0 Å². The van der Waals surface area contributed by atoms with Crippen molar-refractivity contribution >= 4 is 40.4 Å². The van der Waals surface area contributed by atoms with Crippen molar-refractivity contribution in [3.05, 3.63) is 102 Å². The molecule has 216 valence electrons. The standard InChI is InChI=1S/C32H36N2O6S/c1-31(2,3)40-27(35)19-20-32(30(38)39,33-26-17-11-6-12-18-26)34-28(36)25(21-23-13-7-4-8-14-23)22-41-29(37)24-15-9-5-10-16-24/h4-18,25,33H,19-22H2,1-3H3,(H,34,36)(H,38,39)/t25-,32+/m1/s1. The summed E-state index contributed by atoms with van der Waals surface area (Å²) in [4.78, 5) is 52.0. The molecule has 0 unspecified atom stereocenters. The number of nitrogens with one attached hydrogen (secondary N) is 2. The molecule has 3 aromatic rings. The Morgan fingerprint density at radius 1 is 0.854 bits per heavy atom. The van der Waals surface area contributed by atoms with E-state index in [1.807, 2.05) is 36.4 Å². The highest BCUT2D eigenvalue weighted by Crippen LogP contribution is 2.24. The van der Waals surface area contributed by atoms with Gasteiger partial charge in [0.1, 0.15) is 5.60 Å². The van der Waals surface area contributed by atoms with E-state index in [0.29, 0.717) is 11.3 Å². The maximum Gasteiger partial charge on any atom is 0.350 e. The minimum Gasteiger partial charge on any atom is -0.478 e. The molecular weight excluding hydrogens is 540 g/mol. The van der Waals surface area contributed by atoms with Gasteiger partial charge in [-0.25, -0.2) is 4.79 Å². The minimum absolute atomic E-state index is 0.127. The van der Waals surface area contributed by atoms with Crippen molar-refractivity contribution in [1.29, 1.82) is 0 Å². The van der Waals surface area contributed by atoms with Crippen LogP contribution < -0.4 is 10.6 Å². The van der Waals surface area contributed by atoms with Crippen LogP contribution in [0.5, 0.6) is 0 Å². The first-order chi connectivity index (χ1) is 19.5. The normalized spacial score (nSPS) is 13.3. The van der Waals surface area contributed by atoms with Crippen LogP contribution in [0.3, 0.4) is 0 Å². The molecule has 3 aromatic carbocycles. The maximum absolute atomic E-state index is 13.8. The lowest BCUT2D eigenvalue weighted by atomic mass is 9.97. The summed E-state index contributed by atoms with van der Waals surface area (Å²) in [5.74, 6) is -3.12. The molecule has 0 aliphatic carbocycles. The van der Waals surface area contributed by atoms with Crippen molar-refractivity contribution in [3.63, 3.8) is 0 Å². The summed E-state index contributed by atoms with van der Waals surface area (Å²) in [6.45, 7) is 5.17. The molecule has 1 amide bonds. The Morgan fingerprint density at radius 3 is 1.98 bits per heavy atom. The van der Waals surface area contributed by atoms with Crippen LogP contribution in [0, 0.1) is 5.92 Å². The van der Waals surface area contributed by atoms with Crippen molar-refractivity contribution in [2.45, 2.75) is 51.3 Å². The van der Waals surface area contributed by atoms with Gasteiger partial charge in [0, 0.05) is 23.4 Å². The van der Waals surface area contributed by atoms with Crippen LogP contribution >= 0.6 is 11.8 Å². The van der Waals surface area contributed by atoms with E-state index < -0.39 is 35.0 Å². The van der Waals surface area contributed by atoms with Gasteiger partial charge in [0.15, 0.2) is 0 Å². The number of thioether (sulfide) groups is 1. The van der Waals surface area contributed by atoms with Gasteiger partial charge >= 0.3 is 11.9 Å². The number of hydrogen-bond donors (Lipinski definition) is 3. The summed E-state index contributed by atoms with van der Waals surface area (Å²) < 4.78 is 5.39. The van der Waals surface area contributed by atoms with E-state index in [-0.39, 0.29) is 30.1 Å². The third-order valence-corrected chi connectivity index (χ3v) is 7.15. The number of hydrogen-bond acceptors (Lipinski definition) is 7. The second kappa shape index (κ2) is 14.5. The number of rotatable bonds is 13. The number of amides is 1. The molecule has 0 spiro atoms. The van der Waals surface area contributed by atoms with Gasteiger partial charge in [-0.15, -0.1) is 0 Å². The number of carboxylic acids is 1. The Morgan fingerprint density at radius 2 is 1.41 bits per heavy atom. The monoisotopic (exact) mass is 576 g/mol. The molecule has 3 rings (SSSR count). The number of benzene rings is 3. The Bertz CT molecular complexity index is 1310. The van der Waals surface area contributed by atoms with Gasteiger partial charge in [-0.05, 0) is 44.9 Å². The molecule has 0 bridgehead atoms. The number of esters is 1. The van der Waals surface area contributed by atoms with Crippen LogP contribution in [0.2, 0.25) is 0 Å². The Balaban J connectivity index is 1.88. The van der Waals surface area contributed by atoms with E-state index in [4.69, 9.17) is 4.74 Å². The van der Waals surface area contributed by atoms with Crippen LogP contribution in [-0.4, -0.2) is 45.1 Å². The average Bonchev–Trinajstić information content (AvgIpc) is 2.94. The van der Waals surface area contributed by atoms with Gasteiger partial charge in [0.05, 0.1) is 12.3 Å². The summed E-state index contributed by atoms with van der Waals surface area (Å²) >= 11 is 1.01. The number of aliphatic carboxylic acids is 1. The van der Waals surface area contributed by atoms with Crippen LogP contribution in [0.25, 0.3) is 0 Å². The Hall–Kier alpha value is -4.11. The van der Waals surface area contributed by atoms with E-state index >= 15 is 0 Å². The van der Waals surface area contributed by atoms with Gasteiger partial charge in [-0.3, -0.25) is 14.4 Å². The molecule has 0 radical (unpaired) electrons. The molecule has 9 heteroatoms. The molecule has 2 atom stereocenters. The molecule has 0 aliphatic rings. The van der Waals surface area contributed by atoms with E-state index in [1.165, 1.54) is 0 Å². The first kappa shape index (κ1) is 31.4. The van der Waals surface area contributed by atoms with Gasteiger partial charge in [-0.2, -0.15) is 0 Å². The largest absolute Gasteiger partial charge is 0.478 e. The molecule has 0 saturated carbocycles. The van der Waals surface area contributed by atoms with Crippen molar-refractivity contribution in [1.82, 2.24) is 5.32 Å². The van der Waals surface area contributed by atoms with Crippen molar-refractivity contribution in [3.8, 4) is 0 Å². The molecule has 0 aliphatic heterocycles. The van der Waals surface area contributed by atoms with Gasteiger partial charge < -0.3 is 20.5 Å². The lowest BCUT2D eigenvalue weighted by Crippen LogP contribution is -2.61. The minimum atomic E-state index is -2.02. The third-order valence-electron chi connectivity index (χ3n) is 6.08. The van der Waals surface area contributed by atoms with Crippen molar-refractivity contribution in [2.24, 2.45) is 5.92 Å². The first-order valence-electron chi connectivity index (χ1n) is 13.3.